The molecule has 3 aromatic rings. The van der Waals surface area contributed by atoms with Gasteiger partial charge in [-0.15, -0.1) is 11.3 Å². The van der Waals surface area contributed by atoms with Crippen LogP contribution >= 0.6 is 11.3 Å². The molecule has 10 heteroatoms. The van der Waals surface area contributed by atoms with Crippen LogP contribution in [0.5, 0.6) is 0 Å². The zero-order valence-electron chi connectivity index (χ0n) is 16.0. The number of halogens is 3. The molecule has 4 N–H and O–H groups in total. The average molecular weight is 446 g/mol. The van der Waals surface area contributed by atoms with E-state index in [4.69, 9.17) is 5.73 Å². The van der Waals surface area contributed by atoms with E-state index >= 15 is 0 Å². The normalized spacial score (nSPS) is 13.5. The van der Waals surface area contributed by atoms with E-state index in [0.29, 0.717) is 40.4 Å². The van der Waals surface area contributed by atoms with Gasteiger partial charge in [0.25, 0.3) is 11.8 Å². The monoisotopic (exact) mass is 446 g/mol. The number of nitrogens with zero attached hydrogens (tertiary/aromatic N) is 1. The van der Waals surface area contributed by atoms with E-state index in [2.05, 4.69) is 10.3 Å². The van der Waals surface area contributed by atoms with Crippen LogP contribution in [-0.4, -0.2) is 36.1 Å². The highest BCUT2D eigenvalue weighted by Gasteiger charge is 2.28. The number of hydrogen-bond donors (Lipinski definition) is 3. The number of carbonyl (C=O) groups is 2. The van der Waals surface area contributed by atoms with Crippen molar-refractivity contribution in [2.75, 3.05) is 18.8 Å². The minimum absolute atomic E-state index is 0.109. The molecule has 0 saturated heterocycles. The topological polar surface area (TPSA) is 97.1 Å². The maximum Gasteiger partial charge on any atom is 0.405 e. The van der Waals surface area contributed by atoms with Crippen LogP contribution in [0.1, 0.15) is 25.6 Å². The van der Waals surface area contributed by atoms with E-state index < -0.39 is 18.6 Å². The lowest BCUT2D eigenvalue weighted by Crippen LogP contribution is -2.33. The van der Waals surface area contributed by atoms with E-state index in [1.165, 1.54) is 6.07 Å². The summed E-state index contributed by atoms with van der Waals surface area (Å²) >= 11 is 1.06. The molecule has 2 aromatic heterocycles. The van der Waals surface area contributed by atoms with Crippen LogP contribution in [0.25, 0.3) is 21.6 Å². The molecule has 3 heterocycles. The Labute approximate surface area is 179 Å². The number of thiophene rings is 1. The van der Waals surface area contributed by atoms with Gasteiger partial charge in [0.1, 0.15) is 12.4 Å². The smallest absolute Gasteiger partial charge is 0.383 e. The molecule has 2 amide bonds. The Morgan fingerprint density at radius 2 is 1.97 bits per heavy atom. The fraction of sp³-hybridized carbons (Fsp3) is 0.190. The van der Waals surface area contributed by atoms with E-state index in [0.717, 1.165) is 22.5 Å². The number of amides is 2. The number of aromatic nitrogens is 1. The van der Waals surface area contributed by atoms with Crippen LogP contribution < -0.4 is 16.4 Å². The average Bonchev–Trinajstić information content (AvgIpc) is 3.22. The molecule has 0 radical (unpaired) electrons. The Bertz CT molecular complexity index is 1170. The molecular weight excluding hydrogens is 429 g/mol. The predicted octanol–water partition coefficient (Wildman–Crippen LogP) is 3.64. The van der Waals surface area contributed by atoms with Crippen molar-refractivity contribution >= 4 is 29.0 Å². The molecule has 31 heavy (non-hydrogen) atoms. The Hall–Kier alpha value is -3.40. The number of anilines is 1. The van der Waals surface area contributed by atoms with Crippen molar-refractivity contribution in [2.24, 2.45) is 0 Å². The van der Waals surface area contributed by atoms with E-state index in [9.17, 15) is 22.8 Å². The summed E-state index contributed by atoms with van der Waals surface area (Å²) in [5.41, 5.74) is 9.79. The molecule has 0 unspecified atom stereocenters. The third-order valence-electron chi connectivity index (χ3n) is 4.82. The fourth-order valence-electron chi connectivity index (χ4n) is 3.32. The summed E-state index contributed by atoms with van der Waals surface area (Å²) in [6.45, 7) is -0.819. The zero-order chi connectivity index (χ0) is 22.2. The molecule has 0 saturated carbocycles. The van der Waals surface area contributed by atoms with E-state index in [1.807, 2.05) is 17.4 Å². The third kappa shape index (κ3) is 4.53. The van der Waals surface area contributed by atoms with Crippen molar-refractivity contribution in [3.8, 4) is 21.6 Å². The van der Waals surface area contributed by atoms with Crippen molar-refractivity contribution in [3.63, 3.8) is 0 Å². The van der Waals surface area contributed by atoms with E-state index in [-0.39, 0.29) is 10.8 Å². The SMILES string of the molecule is Nc1ncc(-c2ccc(C(=O)NCC(F)(F)F)s2)cc1-c1ccc2c(c1)CCNC2=O. The summed E-state index contributed by atoms with van der Waals surface area (Å²) in [5.74, 6) is -0.587. The molecule has 0 aliphatic carbocycles. The second kappa shape index (κ2) is 8.03. The highest BCUT2D eigenvalue weighted by molar-refractivity contribution is 7.17. The van der Waals surface area contributed by atoms with Gasteiger partial charge in [0.2, 0.25) is 0 Å². The van der Waals surface area contributed by atoms with Gasteiger partial charge in [0, 0.05) is 34.3 Å². The van der Waals surface area contributed by atoms with Crippen LogP contribution in [0.4, 0.5) is 19.0 Å². The molecule has 1 aliphatic rings. The van der Waals surface area contributed by atoms with E-state index in [1.54, 1.807) is 24.4 Å². The second-order valence-corrected chi connectivity index (χ2v) is 8.08. The number of nitrogen functional groups attached to an aromatic ring is 1. The molecule has 160 valence electrons. The molecule has 0 atom stereocenters. The largest absolute Gasteiger partial charge is 0.405 e. The number of nitrogens with two attached hydrogens (primary N) is 1. The number of nitrogens with one attached hydrogen (secondary N) is 2. The van der Waals surface area contributed by atoms with Gasteiger partial charge >= 0.3 is 6.18 Å². The molecule has 0 bridgehead atoms. The summed E-state index contributed by atoms with van der Waals surface area (Å²) in [4.78, 5) is 29.0. The van der Waals surface area contributed by atoms with Crippen molar-refractivity contribution in [2.45, 2.75) is 12.6 Å². The van der Waals surface area contributed by atoms with Crippen LogP contribution in [0.3, 0.4) is 0 Å². The van der Waals surface area contributed by atoms with Crippen molar-refractivity contribution in [1.82, 2.24) is 15.6 Å². The molecule has 4 rings (SSSR count). The summed E-state index contributed by atoms with van der Waals surface area (Å²) in [5, 5.41) is 4.66. The number of carbonyl (C=O) groups excluding carboxylic acids is 2. The summed E-state index contributed by atoms with van der Waals surface area (Å²) < 4.78 is 37.0. The highest BCUT2D eigenvalue weighted by Crippen LogP contribution is 2.34. The lowest BCUT2D eigenvalue weighted by molar-refractivity contribution is -0.123. The second-order valence-electron chi connectivity index (χ2n) is 7.00. The van der Waals surface area contributed by atoms with Crippen LogP contribution in [-0.2, 0) is 6.42 Å². The quantitative estimate of drug-likeness (QED) is 0.570. The highest BCUT2D eigenvalue weighted by atomic mass is 32.1. The van der Waals surface area contributed by atoms with Gasteiger partial charge < -0.3 is 16.4 Å². The zero-order valence-corrected chi connectivity index (χ0v) is 16.9. The number of hydrogen-bond acceptors (Lipinski definition) is 5. The number of benzene rings is 1. The van der Waals surface area contributed by atoms with Gasteiger partial charge in [-0.1, -0.05) is 12.1 Å². The molecule has 0 fully saturated rings. The summed E-state index contributed by atoms with van der Waals surface area (Å²) in [6, 6.07) is 10.4. The summed E-state index contributed by atoms with van der Waals surface area (Å²) in [6.07, 6.45) is -2.21. The first-order valence-electron chi connectivity index (χ1n) is 9.33. The van der Waals surface area contributed by atoms with Gasteiger partial charge in [-0.25, -0.2) is 4.98 Å². The first kappa shape index (κ1) is 20.9. The van der Waals surface area contributed by atoms with Gasteiger partial charge in [-0.05, 0) is 41.8 Å². The molecule has 6 nitrogen and oxygen atoms in total. The molecule has 1 aliphatic heterocycles. The van der Waals surface area contributed by atoms with Gasteiger partial charge in [-0.3, -0.25) is 9.59 Å². The summed E-state index contributed by atoms with van der Waals surface area (Å²) in [7, 11) is 0. The number of alkyl halides is 3. The van der Waals surface area contributed by atoms with Gasteiger partial charge in [-0.2, -0.15) is 13.2 Å². The van der Waals surface area contributed by atoms with Crippen molar-refractivity contribution in [1.29, 1.82) is 0 Å². The van der Waals surface area contributed by atoms with Crippen LogP contribution in [0.15, 0.2) is 42.6 Å². The predicted molar refractivity (Wildman–Crippen MR) is 112 cm³/mol. The van der Waals surface area contributed by atoms with Gasteiger partial charge in [0.15, 0.2) is 0 Å². The minimum atomic E-state index is -4.47. The van der Waals surface area contributed by atoms with Gasteiger partial charge in [0.05, 0.1) is 4.88 Å². The lowest BCUT2D eigenvalue weighted by atomic mass is 9.94. The maximum absolute atomic E-state index is 12.3. The third-order valence-corrected chi connectivity index (χ3v) is 5.96. The maximum atomic E-state index is 12.3. The Balaban J connectivity index is 1.61. The standard InChI is InChI=1S/C21H17F3N4O2S/c22-21(23,24)10-28-20(30)17-4-3-16(31-17)13-8-15(18(25)27-9-13)11-1-2-14-12(7-11)5-6-26-19(14)29/h1-4,7-9H,5-6,10H2,(H2,25,27)(H,26,29)(H,28,30). The van der Waals surface area contributed by atoms with Crippen LogP contribution in [0.2, 0.25) is 0 Å². The van der Waals surface area contributed by atoms with Crippen molar-refractivity contribution < 1.29 is 22.8 Å². The Morgan fingerprint density at radius 1 is 1.16 bits per heavy atom. The molecule has 1 aromatic carbocycles. The van der Waals surface area contributed by atoms with Crippen LogP contribution in [0, 0.1) is 0 Å². The fourth-order valence-corrected chi connectivity index (χ4v) is 4.22. The Morgan fingerprint density at radius 3 is 2.74 bits per heavy atom. The minimum Gasteiger partial charge on any atom is -0.383 e. The Kier molecular flexibility index (Phi) is 5.40. The van der Waals surface area contributed by atoms with Crippen molar-refractivity contribution in [3.05, 3.63) is 58.6 Å². The number of pyridine rings is 1. The molecular formula is C21H17F3N4O2S. The first-order chi connectivity index (χ1) is 14.7. The first-order valence-corrected chi connectivity index (χ1v) is 10.1. The number of rotatable bonds is 4. The number of fused-ring (bicyclic) bond motifs is 1. The molecule has 0 spiro atoms. The lowest BCUT2D eigenvalue weighted by Gasteiger charge is -2.17.